The van der Waals surface area contributed by atoms with Crippen LogP contribution in [0.4, 0.5) is 11.4 Å². The van der Waals surface area contributed by atoms with Gasteiger partial charge in [0.05, 0.1) is 17.6 Å². The maximum Gasteiger partial charge on any atom is 0.292 e. The van der Waals surface area contributed by atoms with Gasteiger partial charge in [-0.05, 0) is 12.1 Å². The van der Waals surface area contributed by atoms with Gasteiger partial charge in [-0.2, -0.15) is 0 Å². The molecule has 0 bridgehead atoms. The van der Waals surface area contributed by atoms with E-state index < -0.39 is 4.92 Å². The molecule has 18 heavy (non-hydrogen) atoms. The monoisotopic (exact) mass is 271 g/mol. The van der Waals surface area contributed by atoms with Crippen molar-refractivity contribution in [3.8, 4) is 0 Å². The van der Waals surface area contributed by atoms with Gasteiger partial charge in [-0.15, -0.1) is 0 Å². The van der Waals surface area contributed by atoms with E-state index in [9.17, 15) is 10.1 Å². The highest BCUT2D eigenvalue weighted by atomic mass is 35.5. The number of anilines is 1. The van der Waals surface area contributed by atoms with Gasteiger partial charge in [-0.25, -0.2) is 0 Å². The molecule has 98 valence electrons. The maximum atomic E-state index is 11.0. The Bertz CT molecular complexity index is 455. The third-order valence-corrected chi connectivity index (χ3v) is 3.11. The second kappa shape index (κ2) is 5.51. The van der Waals surface area contributed by atoms with Gasteiger partial charge in [0.25, 0.3) is 5.69 Å². The molecule has 0 saturated carbocycles. The van der Waals surface area contributed by atoms with E-state index in [1.54, 1.807) is 6.07 Å². The highest BCUT2D eigenvalue weighted by Crippen LogP contribution is 2.32. The second-order valence-corrected chi connectivity index (χ2v) is 4.50. The molecule has 2 N–H and O–H groups in total. The molecular weight excluding hydrogens is 258 g/mol. The van der Waals surface area contributed by atoms with Crippen molar-refractivity contribution in [1.82, 2.24) is 0 Å². The van der Waals surface area contributed by atoms with Gasteiger partial charge in [0.2, 0.25) is 0 Å². The number of nitro groups is 1. The Morgan fingerprint density at radius 2 is 2.39 bits per heavy atom. The van der Waals surface area contributed by atoms with E-state index in [0.29, 0.717) is 37.0 Å². The first-order valence-electron chi connectivity index (χ1n) is 5.62. The van der Waals surface area contributed by atoms with Crippen LogP contribution < -0.4 is 10.6 Å². The third kappa shape index (κ3) is 2.72. The molecule has 1 aromatic carbocycles. The highest BCUT2D eigenvalue weighted by molar-refractivity contribution is 6.31. The summed E-state index contributed by atoms with van der Waals surface area (Å²) in [7, 11) is 0. The van der Waals surface area contributed by atoms with Gasteiger partial charge >= 0.3 is 0 Å². The van der Waals surface area contributed by atoms with Crippen LogP contribution in [0.15, 0.2) is 18.2 Å². The number of nitro benzene ring substituents is 1. The van der Waals surface area contributed by atoms with E-state index >= 15 is 0 Å². The molecule has 0 amide bonds. The zero-order chi connectivity index (χ0) is 13.1. The Kier molecular flexibility index (Phi) is 4.00. The predicted octanol–water partition coefficient (Wildman–Crippen LogP) is 1.41. The number of halogens is 1. The van der Waals surface area contributed by atoms with Crippen molar-refractivity contribution < 1.29 is 9.66 Å². The number of hydrogen-bond acceptors (Lipinski definition) is 5. The molecule has 1 aliphatic heterocycles. The zero-order valence-corrected chi connectivity index (χ0v) is 10.5. The second-order valence-electron chi connectivity index (χ2n) is 4.06. The molecule has 2 rings (SSSR count). The van der Waals surface area contributed by atoms with Crippen molar-refractivity contribution in [2.75, 3.05) is 31.1 Å². The van der Waals surface area contributed by atoms with Crippen LogP contribution in [0.25, 0.3) is 0 Å². The molecule has 0 spiro atoms. The normalized spacial score (nSPS) is 19.9. The van der Waals surface area contributed by atoms with Crippen LogP contribution in [0.2, 0.25) is 5.02 Å². The molecule has 1 aromatic rings. The number of morpholine rings is 1. The maximum absolute atomic E-state index is 11.0. The molecule has 0 aromatic heterocycles. The summed E-state index contributed by atoms with van der Waals surface area (Å²) in [5, 5.41) is 11.5. The molecule has 0 radical (unpaired) electrons. The summed E-state index contributed by atoms with van der Waals surface area (Å²) in [5.41, 5.74) is 6.13. The van der Waals surface area contributed by atoms with Gasteiger partial charge in [0.15, 0.2) is 0 Å². The molecule has 1 saturated heterocycles. The van der Waals surface area contributed by atoms with E-state index in [4.69, 9.17) is 22.1 Å². The largest absolute Gasteiger partial charge is 0.373 e. The average molecular weight is 272 g/mol. The summed E-state index contributed by atoms with van der Waals surface area (Å²) in [6.45, 7) is 2.03. The highest BCUT2D eigenvalue weighted by Gasteiger charge is 2.25. The Labute approximate surface area is 109 Å². The van der Waals surface area contributed by atoms with Crippen LogP contribution in [0.3, 0.4) is 0 Å². The third-order valence-electron chi connectivity index (χ3n) is 2.88. The molecule has 1 unspecified atom stereocenters. The van der Waals surface area contributed by atoms with E-state index in [1.807, 2.05) is 4.90 Å². The van der Waals surface area contributed by atoms with Crippen molar-refractivity contribution in [1.29, 1.82) is 0 Å². The lowest BCUT2D eigenvalue weighted by molar-refractivity contribution is -0.384. The van der Waals surface area contributed by atoms with Crippen LogP contribution in [-0.2, 0) is 4.74 Å². The van der Waals surface area contributed by atoms with Crippen LogP contribution in [0.1, 0.15) is 0 Å². The first-order chi connectivity index (χ1) is 8.61. The predicted molar refractivity (Wildman–Crippen MR) is 69.1 cm³/mol. The molecule has 1 heterocycles. The summed E-state index contributed by atoms with van der Waals surface area (Å²) in [6.07, 6.45) is -0.0997. The number of rotatable bonds is 3. The minimum absolute atomic E-state index is 0.0528. The summed E-state index contributed by atoms with van der Waals surface area (Å²) >= 11 is 5.91. The number of nitrogens with two attached hydrogens (primary N) is 1. The Hall–Kier alpha value is -1.37. The number of nitrogens with zero attached hydrogens (tertiary/aromatic N) is 2. The van der Waals surface area contributed by atoms with Gasteiger partial charge in [-0.1, -0.05) is 11.6 Å². The van der Waals surface area contributed by atoms with E-state index in [-0.39, 0.29) is 11.8 Å². The molecule has 0 aliphatic carbocycles. The van der Waals surface area contributed by atoms with Gasteiger partial charge < -0.3 is 15.4 Å². The number of hydrogen-bond donors (Lipinski definition) is 1. The van der Waals surface area contributed by atoms with E-state index in [0.717, 1.165) is 0 Å². The van der Waals surface area contributed by atoms with Crippen molar-refractivity contribution in [3.63, 3.8) is 0 Å². The summed E-state index contributed by atoms with van der Waals surface area (Å²) in [6, 6.07) is 4.55. The summed E-state index contributed by atoms with van der Waals surface area (Å²) in [5.74, 6) is 0. The Balaban J connectivity index is 2.31. The summed E-state index contributed by atoms with van der Waals surface area (Å²) in [4.78, 5) is 12.5. The van der Waals surface area contributed by atoms with Crippen LogP contribution in [-0.4, -0.2) is 37.3 Å². The molecule has 1 atom stereocenters. The fourth-order valence-corrected chi connectivity index (χ4v) is 2.15. The van der Waals surface area contributed by atoms with Crippen LogP contribution >= 0.6 is 11.6 Å². The standard InChI is InChI=1S/C11H14ClN3O3/c12-8-1-2-10(15(16)17)11(5-8)14-3-4-18-9(6-13)7-14/h1-2,5,9H,3-4,6-7,13H2. The Morgan fingerprint density at radius 3 is 3.06 bits per heavy atom. The van der Waals surface area contributed by atoms with Crippen molar-refractivity contribution >= 4 is 23.0 Å². The van der Waals surface area contributed by atoms with Crippen LogP contribution in [0.5, 0.6) is 0 Å². The quantitative estimate of drug-likeness (QED) is 0.664. The number of ether oxygens (including phenoxy) is 1. The lowest BCUT2D eigenvalue weighted by Gasteiger charge is -2.33. The fraction of sp³-hybridized carbons (Fsp3) is 0.455. The van der Waals surface area contributed by atoms with Gasteiger partial charge in [0, 0.05) is 30.7 Å². The van der Waals surface area contributed by atoms with Crippen molar-refractivity contribution in [2.45, 2.75) is 6.10 Å². The fourth-order valence-electron chi connectivity index (χ4n) is 1.99. The molecular formula is C11H14ClN3O3. The molecule has 1 aliphatic rings. The first kappa shape index (κ1) is 13.1. The average Bonchev–Trinajstić information content (AvgIpc) is 2.38. The lowest BCUT2D eigenvalue weighted by atomic mass is 10.2. The smallest absolute Gasteiger partial charge is 0.292 e. The van der Waals surface area contributed by atoms with Gasteiger partial charge in [0.1, 0.15) is 5.69 Å². The van der Waals surface area contributed by atoms with Crippen LogP contribution in [0, 0.1) is 10.1 Å². The zero-order valence-electron chi connectivity index (χ0n) is 9.71. The molecule has 7 heteroatoms. The SMILES string of the molecule is NCC1CN(c2cc(Cl)ccc2[N+](=O)[O-])CCO1. The first-order valence-corrected chi connectivity index (χ1v) is 6.00. The van der Waals surface area contributed by atoms with E-state index in [1.165, 1.54) is 12.1 Å². The topological polar surface area (TPSA) is 81.6 Å². The Morgan fingerprint density at radius 1 is 1.61 bits per heavy atom. The minimum atomic E-state index is -0.404. The molecule has 6 nitrogen and oxygen atoms in total. The van der Waals surface area contributed by atoms with Crippen molar-refractivity contribution in [2.24, 2.45) is 5.73 Å². The number of benzene rings is 1. The van der Waals surface area contributed by atoms with E-state index in [2.05, 4.69) is 0 Å². The van der Waals surface area contributed by atoms with Gasteiger partial charge in [-0.3, -0.25) is 10.1 Å². The summed E-state index contributed by atoms with van der Waals surface area (Å²) < 4.78 is 5.44. The lowest BCUT2D eigenvalue weighted by Crippen LogP contribution is -2.45. The minimum Gasteiger partial charge on any atom is -0.373 e. The van der Waals surface area contributed by atoms with Crippen molar-refractivity contribution in [3.05, 3.63) is 33.3 Å². The molecule has 1 fully saturated rings.